The van der Waals surface area contributed by atoms with Gasteiger partial charge in [0.2, 0.25) is 0 Å². The van der Waals surface area contributed by atoms with Crippen LogP contribution in [0.25, 0.3) is 5.69 Å². The molecule has 0 radical (unpaired) electrons. The first-order chi connectivity index (χ1) is 12.5. The van der Waals surface area contributed by atoms with Gasteiger partial charge in [0.25, 0.3) is 5.91 Å². The number of para-hydroxylation sites is 1. The van der Waals surface area contributed by atoms with Gasteiger partial charge >= 0.3 is 0 Å². The number of hydrogen-bond donors (Lipinski definition) is 1. The standard InChI is InChI=1S/C20H20ClN3O2/c1-14-8-9-17(21)19(12-14)26-15(2)20(25)22-13-16-6-3-4-7-18(16)24-11-5-10-23-24/h3-12,15H,13H2,1-2H3,(H,22,25). The van der Waals surface area contributed by atoms with E-state index in [4.69, 9.17) is 16.3 Å². The number of nitrogens with zero attached hydrogens (tertiary/aromatic N) is 2. The van der Waals surface area contributed by atoms with Crippen LogP contribution in [0.15, 0.2) is 60.9 Å². The molecule has 1 amide bonds. The van der Waals surface area contributed by atoms with Crippen molar-refractivity contribution in [3.05, 3.63) is 77.1 Å². The summed E-state index contributed by atoms with van der Waals surface area (Å²) in [4.78, 5) is 12.4. The Morgan fingerprint density at radius 2 is 2.08 bits per heavy atom. The minimum atomic E-state index is -0.661. The highest BCUT2D eigenvalue weighted by atomic mass is 35.5. The van der Waals surface area contributed by atoms with E-state index in [-0.39, 0.29) is 5.91 Å². The van der Waals surface area contributed by atoms with Gasteiger partial charge in [0.05, 0.1) is 10.7 Å². The summed E-state index contributed by atoms with van der Waals surface area (Å²) in [6.45, 7) is 4.03. The van der Waals surface area contributed by atoms with Crippen LogP contribution in [0.3, 0.4) is 0 Å². The number of ether oxygens (including phenoxy) is 1. The van der Waals surface area contributed by atoms with Crippen molar-refractivity contribution in [3.63, 3.8) is 0 Å². The third kappa shape index (κ3) is 4.24. The van der Waals surface area contributed by atoms with Gasteiger partial charge in [-0.15, -0.1) is 0 Å². The summed E-state index contributed by atoms with van der Waals surface area (Å²) in [5, 5.41) is 7.64. The van der Waals surface area contributed by atoms with Crippen molar-refractivity contribution < 1.29 is 9.53 Å². The van der Waals surface area contributed by atoms with Gasteiger partial charge in [-0.25, -0.2) is 4.68 Å². The molecular weight excluding hydrogens is 350 g/mol. The maximum Gasteiger partial charge on any atom is 0.261 e. The monoisotopic (exact) mass is 369 g/mol. The smallest absolute Gasteiger partial charge is 0.261 e. The number of aryl methyl sites for hydroxylation is 1. The molecule has 0 saturated carbocycles. The molecule has 1 N–H and O–H groups in total. The Morgan fingerprint density at radius 3 is 2.85 bits per heavy atom. The van der Waals surface area contributed by atoms with Crippen molar-refractivity contribution in [1.29, 1.82) is 0 Å². The van der Waals surface area contributed by atoms with Crippen LogP contribution in [0, 0.1) is 6.92 Å². The Kier molecular flexibility index (Phi) is 5.58. The number of halogens is 1. The molecule has 3 rings (SSSR count). The molecule has 0 saturated heterocycles. The molecule has 1 atom stereocenters. The predicted molar refractivity (Wildman–Crippen MR) is 102 cm³/mol. The van der Waals surface area contributed by atoms with Crippen LogP contribution in [0.5, 0.6) is 5.75 Å². The van der Waals surface area contributed by atoms with Crippen LogP contribution < -0.4 is 10.1 Å². The highest BCUT2D eigenvalue weighted by molar-refractivity contribution is 6.32. The average molecular weight is 370 g/mol. The molecule has 0 aliphatic carbocycles. The highest BCUT2D eigenvalue weighted by Crippen LogP contribution is 2.26. The zero-order valence-electron chi connectivity index (χ0n) is 14.6. The van der Waals surface area contributed by atoms with Crippen LogP contribution in [-0.2, 0) is 11.3 Å². The molecule has 0 bridgehead atoms. The largest absolute Gasteiger partial charge is 0.479 e. The lowest BCUT2D eigenvalue weighted by Crippen LogP contribution is -2.36. The van der Waals surface area contributed by atoms with E-state index in [1.165, 1.54) is 0 Å². The Bertz CT molecular complexity index is 894. The molecule has 0 aliphatic rings. The molecule has 1 heterocycles. The van der Waals surface area contributed by atoms with Gasteiger partial charge in [0, 0.05) is 18.9 Å². The van der Waals surface area contributed by atoms with E-state index in [2.05, 4.69) is 10.4 Å². The second kappa shape index (κ2) is 8.06. The quantitative estimate of drug-likeness (QED) is 0.716. The molecule has 6 heteroatoms. The lowest BCUT2D eigenvalue weighted by Gasteiger charge is -2.17. The second-order valence-corrected chi connectivity index (χ2v) is 6.40. The Balaban J connectivity index is 1.65. The lowest BCUT2D eigenvalue weighted by atomic mass is 10.1. The first-order valence-electron chi connectivity index (χ1n) is 8.33. The van der Waals surface area contributed by atoms with E-state index < -0.39 is 6.10 Å². The summed E-state index contributed by atoms with van der Waals surface area (Å²) in [7, 11) is 0. The lowest BCUT2D eigenvalue weighted by molar-refractivity contribution is -0.127. The predicted octanol–water partition coefficient (Wildman–Crippen LogP) is 3.92. The summed E-state index contributed by atoms with van der Waals surface area (Å²) < 4.78 is 7.49. The molecule has 2 aromatic carbocycles. The highest BCUT2D eigenvalue weighted by Gasteiger charge is 2.16. The number of rotatable bonds is 6. The van der Waals surface area contributed by atoms with Crippen molar-refractivity contribution in [1.82, 2.24) is 15.1 Å². The molecule has 3 aromatic rings. The normalized spacial score (nSPS) is 11.8. The van der Waals surface area contributed by atoms with Gasteiger partial charge in [0.1, 0.15) is 5.75 Å². The van der Waals surface area contributed by atoms with Gasteiger partial charge in [0.15, 0.2) is 6.10 Å². The topological polar surface area (TPSA) is 56.1 Å². The van der Waals surface area contributed by atoms with Crippen molar-refractivity contribution >= 4 is 17.5 Å². The van der Waals surface area contributed by atoms with Crippen LogP contribution >= 0.6 is 11.6 Å². The average Bonchev–Trinajstić information content (AvgIpc) is 3.17. The third-order valence-corrected chi connectivity index (χ3v) is 4.27. The van der Waals surface area contributed by atoms with E-state index in [9.17, 15) is 4.79 Å². The Labute approximate surface area is 157 Å². The molecule has 0 aliphatic heterocycles. The van der Waals surface area contributed by atoms with Crippen LogP contribution in [0.2, 0.25) is 5.02 Å². The number of amides is 1. The van der Waals surface area contributed by atoms with E-state index >= 15 is 0 Å². The van der Waals surface area contributed by atoms with E-state index in [1.54, 1.807) is 23.9 Å². The van der Waals surface area contributed by atoms with E-state index in [1.807, 2.05) is 55.6 Å². The van der Waals surface area contributed by atoms with Crippen LogP contribution in [0.1, 0.15) is 18.1 Å². The summed E-state index contributed by atoms with van der Waals surface area (Å²) in [5.41, 5.74) is 2.91. The van der Waals surface area contributed by atoms with Gasteiger partial charge in [-0.1, -0.05) is 35.9 Å². The number of aromatic nitrogens is 2. The van der Waals surface area contributed by atoms with Crippen molar-refractivity contribution in [2.24, 2.45) is 0 Å². The molecule has 26 heavy (non-hydrogen) atoms. The van der Waals surface area contributed by atoms with Crippen molar-refractivity contribution in [3.8, 4) is 11.4 Å². The van der Waals surface area contributed by atoms with Gasteiger partial charge < -0.3 is 10.1 Å². The van der Waals surface area contributed by atoms with Gasteiger partial charge in [-0.05, 0) is 49.2 Å². The molecule has 0 fully saturated rings. The van der Waals surface area contributed by atoms with Crippen molar-refractivity contribution in [2.45, 2.75) is 26.5 Å². The van der Waals surface area contributed by atoms with Gasteiger partial charge in [-0.2, -0.15) is 5.10 Å². The third-order valence-electron chi connectivity index (χ3n) is 3.96. The molecule has 5 nitrogen and oxygen atoms in total. The molecule has 0 spiro atoms. The summed E-state index contributed by atoms with van der Waals surface area (Å²) in [5.74, 6) is 0.295. The maximum absolute atomic E-state index is 12.4. The van der Waals surface area contributed by atoms with Crippen LogP contribution in [-0.4, -0.2) is 21.8 Å². The minimum Gasteiger partial charge on any atom is -0.479 e. The fourth-order valence-electron chi connectivity index (χ4n) is 2.57. The molecular formula is C20H20ClN3O2. The zero-order chi connectivity index (χ0) is 18.5. The number of benzene rings is 2. The molecule has 1 aromatic heterocycles. The molecule has 1 unspecified atom stereocenters. The maximum atomic E-state index is 12.4. The van der Waals surface area contributed by atoms with E-state index in [0.717, 1.165) is 16.8 Å². The minimum absolute atomic E-state index is 0.210. The SMILES string of the molecule is Cc1ccc(Cl)c(OC(C)C(=O)NCc2ccccc2-n2cccn2)c1. The first kappa shape index (κ1) is 18.0. The first-order valence-corrected chi connectivity index (χ1v) is 8.71. The zero-order valence-corrected chi connectivity index (χ0v) is 15.4. The summed E-state index contributed by atoms with van der Waals surface area (Å²) >= 11 is 6.13. The number of nitrogens with one attached hydrogen (secondary N) is 1. The number of carbonyl (C=O) groups is 1. The Hall–Kier alpha value is -2.79. The number of hydrogen-bond acceptors (Lipinski definition) is 3. The number of carbonyl (C=O) groups excluding carboxylic acids is 1. The summed E-state index contributed by atoms with van der Waals surface area (Å²) in [6, 6.07) is 15.1. The second-order valence-electron chi connectivity index (χ2n) is 5.99. The van der Waals surface area contributed by atoms with E-state index in [0.29, 0.717) is 17.3 Å². The fraction of sp³-hybridized carbons (Fsp3) is 0.200. The van der Waals surface area contributed by atoms with Gasteiger partial charge in [-0.3, -0.25) is 4.79 Å². The van der Waals surface area contributed by atoms with Crippen molar-refractivity contribution in [2.75, 3.05) is 0 Å². The molecule has 134 valence electrons. The summed E-state index contributed by atoms with van der Waals surface area (Å²) in [6.07, 6.45) is 2.93. The van der Waals surface area contributed by atoms with Crippen LogP contribution in [0.4, 0.5) is 0 Å². The fourth-order valence-corrected chi connectivity index (χ4v) is 2.73. The Morgan fingerprint density at radius 1 is 1.27 bits per heavy atom.